The highest BCUT2D eigenvalue weighted by atomic mass is 16.1. The third-order valence-electron chi connectivity index (χ3n) is 3.31. The Morgan fingerprint density at radius 2 is 2.11 bits per heavy atom. The van der Waals surface area contributed by atoms with Gasteiger partial charge in [0.25, 0.3) is 0 Å². The second-order valence-corrected chi connectivity index (χ2v) is 4.83. The van der Waals surface area contributed by atoms with Gasteiger partial charge in [-0.15, -0.1) is 0 Å². The van der Waals surface area contributed by atoms with Crippen LogP contribution in [0.5, 0.6) is 0 Å². The van der Waals surface area contributed by atoms with E-state index in [1.54, 1.807) is 12.1 Å². The van der Waals surface area contributed by atoms with Crippen molar-refractivity contribution in [3.8, 4) is 0 Å². The molecule has 0 spiro atoms. The Labute approximate surface area is 109 Å². The van der Waals surface area contributed by atoms with Crippen molar-refractivity contribution >= 4 is 11.6 Å². The Morgan fingerprint density at radius 3 is 2.61 bits per heavy atom. The molecular formula is C14H23N3O. The van der Waals surface area contributed by atoms with E-state index in [2.05, 4.69) is 25.8 Å². The van der Waals surface area contributed by atoms with E-state index in [1.165, 1.54) is 6.42 Å². The summed E-state index contributed by atoms with van der Waals surface area (Å²) in [6.07, 6.45) is 2.33. The highest BCUT2D eigenvalue weighted by Crippen LogP contribution is 2.17. The summed E-state index contributed by atoms with van der Waals surface area (Å²) in [7, 11) is 2.09. The molecule has 0 saturated carbocycles. The van der Waals surface area contributed by atoms with Crippen LogP contribution < -0.4 is 11.5 Å². The third kappa shape index (κ3) is 3.74. The van der Waals surface area contributed by atoms with Gasteiger partial charge in [-0.2, -0.15) is 0 Å². The van der Waals surface area contributed by atoms with Crippen LogP contribution >= 0.6 is 0 Å². The summed E-state index contributed by atoms with van der Waals surface area (Å²) < 4.78 is 0. The molecule has 0 saturated heterocycles. The number of carbonyl (C=O) groups is 1. The van der Waals surface area contributed by atoms with Crippen molar-refractivity contribution < 1.29 is 4.79 Å². The molecule has 1 aromatic carbocycles. The van der Waals surface area contributed by atoms with Gasteiger partial charge >= 0.3 is 0 Å². The molecule has 0 aliphatic heterocycles. The molecule has 0 fully saturated rings. The van der Waals surface area contributed by atoms with Crippen molar-refractivity contribution in [2.24, 2.45) is 5.73 Å². The number of primary amides is 1. The smallest absolute Gasteiger partial charge is 0.248 e. The van der Waals surface area contributed by atoms with Crippen LogP contribution in [-0.2, 0) is 6.54 Å². The maximum atomic E-state index is 11.0. The maximum Gasteiger partial charge on any atom is 0.248 e. The summed E-state index contributed by atoms with van der Waals surface area (Å²) in [5, 5.41) is 0. The van der Waals surface area contributed by atoms with Crippen molar-refractivity contribution in [1.82, 2.24) is 4.90 Å². The Morgan fingerprint density at radius 1 is 1.44 bits per heavy atom. The monoisotopic (exact) mass is 249 g/mol. The molecule has 1 atom stereocenters. The maximum absolute atomic E-state index is 11.0. The number of nitrogens with two attached hydrogens (primary N) is 2. The first kappa shape index (κ1) is 14.5. The predicted molar refractivity (Wildman–Crippen MR) is 75.2 cm³/mol. The fourth-order valence-corrected chi connectivity index (χ4v) is 1.95. The van der Waals surface area contributed by atoms with Gasteiger partial charge in [0, 0.05) is 23.8 Å². The van der Waals surface area contributed by atoms with Crippen LogP contribution in [0.3, 0.4) is 0 Å². The second kappa shape index (κ2) is 6.40. The van der Waals surface area contributed by atoms with Crippen LogP contribution in [0, 0.1) is 0 Å². The quantitative estimate of drug-likeness (QED) is 0.757. The average molecular weight is 249 g/mol. The average Bonchev–Trinajstić information content (AvgIpc) is 2.31. The van der Waals surface area contributed by atoms with Crippen molar-refractivity contribution in [2.75, 3.05) is 12.8 Å². The first-order chi connectivity index (χ1) is 8.45. The van der Waals surface area contributed by atoms with Gasteiger partial charge in [-0.25, -0.2) is 0 Å². The minimum absolute atomic E-state index is 0.444. The zero-order valence-electron chi connectivity index (χ0n) is 11.4. The number of anilines is 1. The molecule has 0 aliphatic rings. The minimum Gasteiger partial charge on any atom is -0.398 e. The Balaban J connectivity index is 2.76. The van der Waals surface area contributed by atoms with Crippen LogP contribution in [0.4, 0.5) is 5.69 Å². The molecular weight excluding hydrogens is 226 g/mol. The summed E-state index contributed by atoms with van der Waals surface area (Å²) in [6, 6.07) is 5.78. The molecule has 0 bridgehead atoms. The molecule has 0 heterocycles. The number of rotatable bonds is 6. The van der Waals surface area contributed by atoms with E-state index < -0.39 is 5.91 Å². The number of hydrogen-bond donors (Lipinski definition) is 2. The van der Waals surface area contributed by atoms with Gasteiger partial charge in [0.05, 0.1) is 0 Å². The minimum atomic E-state index is -0.444. The lowest BCUT2D eigenvalue weighted by molar-refractivity contribution is 0.100. The highest BCUT2D eigenvalue weighted by molar-refractivity contribution is 5.93. The third-order valence-corrected chi connectivity index (χ3v) is 3.31. The molecule has 4 N–H and O–H groups in total. The molecule has 0 aromatic heterocycles. The molecule has 1 aromatic rings. The zero-order chi connectivity index (χ0) is 13.7. The first-order valence-corrected chi connectivity index (χ1v) is 6.34. The number of nitrogens with zero attached hydrogens (tertiary/aromatic N) is 1. The van der Waals surface area contributed by atoms with Gasteiger partial charge < -0.3 is 11.5 Å². The number of carbonyl (C=O) groups excluding carboxylic acids is 1. The van der Waals surface area contributed by atoms with Crippen LogP contribution in [0.1, 0.15) is 42.6 Å². The zero-order valence-corrected chi connectivity index (χ0v) is 11.4. The van der Waals surface area contributed by atoms with Crippen LogP contribution in [0.15, 0.2) is 18.2 Å². The van der Waals surface area contributed by atoms with Crippen molar-refractivity contribution in [3.05, 3.63) is 29.3 Å². The predicted octanol–water partition coefficient (Wildman–Crippen LogP) is 1.99. The molecule has 4 heteroatoms. The molecule has 1 amide bonds. The fraction of sp³-hybridized carbons (Fsp3) is 0.500. The summed E-state index contributed by atoms with van der Waals surface area (Å²) in [6.45, 7) is 5.17. The second-order valence-electron chi connectivity index (χ2n) is 4.83. The van der Waals surface area contributed by atoms with Gasteiger partial charge in [0.15, 0.2) is 0 Å². The van der Waals surface area contributed by atoms with Crippen molar-refractivity contribution in [2.45, 2.75) is 39.3 Å². The summed E-state index contributed by atoms with van der Waals surface area (Å²) in [4.78, 5) is 13.3. The lowest BCUT2D eigenvalue weighted by atomic mass is 10.1. The Hall–Kier alpha value is -1.55. The molecule has 0 radical (unpaired) electrons. The number of hydrogen-bond acceptors (Lipinski definition) is 3. The topological polar surface area (TPSA) is 72.3 Å². The van der Waals surface area contributed by atoms with Crippen LogP contribution in [-0.4, -0.2) is 23.9 Å². The Bertz CT molecular complexity index is 418. The molecule has 4 nitrogen and oxygen atoms in total. The van der Waals surface area contributed by atoms with E-state index in [0.29, 0.717) is 17.3 Å². The van der Waals surface area contributed by atoms with Crippen molar-refractivity contribution in [3.63, 3.8) is 0 Å². The van der Waals surface area contributed by atoms with E-state index in [-0.39, 0.29) is 0 Å². The molecule has 1 rings (SSSR count). The Kier molecular flexibility index (Phi) is 5.16. The fourth-order valence-electron chi connectivity index (χ4n) is 1.95. The van der Waals surface area contributed by atoms with Crippen LogP contribution in [0.2, 0.25) is 0 Å². The van der Waals surface area contributed by atoms with Gasteiger partial charge in [0.2, 0.25) is 5.91 Å². The first-order valence-electron chi connectivity index (χ1n) is 6.34. The van der Waals surface area contributed by atoms with E-state index >= 15 is 0 Å². The van der Waals surface area contributed by atoms with Gasteiger partial charge in [0.1, 0.15) is 0 Å². The number of amides is 1. The summed E-state index contributed by atoms with van der Waals surface area (Å²) in [5.41, 5.74) is 13.3. The van der Waals surface area contributed by atoms with E-state index in [9.17, 15) is 4.79 Å². The highest BCUT2D eigenvalue weighted by Gasteiger charge is 2.11. The van der Waals surface area contributed by atoms with Gasteiger partial charge in [-0.3, -0.25) is 9.69 Å². The molecule has 18 heavy (non-hydrogen) atoms. The molecule has 1 unspecified atom stereocenters. The lowest BCUT2D eigenvalue weighted by Gasteiger charge is -2.25. The standard InChI is InChI=1S/C14H23N3O/c1-4-5-10(2)17(3)9-12-7-6-11(14(16)18)8-13(12)15/h6-8,10H,4-5,9,15H2,1-3H3,(H2,16,18). The summed E-state index contributed by atoms with van der Waals surface area (Å²) >= 11 is 0. The SMILES string of the molecule is CCCC(C)N(C)Cc1ccc(C(N)=O)cc1N. The van der Waals surface area contributed by atoms with E-state index in [0.717, 1.165) is 18.5 Å². The normalized spacial score (nSPS) is 12.7. The lowest BCUT2D eigenvalue weighted by Crippen LogP contribution is -2.28. The molecule has 100 valence electrons. The number of nitrogen functional groups attached to an aromatic ring is 1. The van der Waals surface area contributed by atoms with Gasteiger partial charge in [-0.05, 0) is 38.1 Å². The summed E-state index contributed by atoms with van der Waals surface area (Å²) in [5.74, 6) is -0.444. The molecule has 0 aliphatic carbocycles. The van der Waals surface area contributed by atoms with Crippen LogP contribution in [0.25, 0.3) is 0 Å². The van der Waals surface area contributed by atoms with Crippen molar-refractivity contribution in [1.29, 1.82) is 0 Å². The largest absolute Gasteiger partial charge is 0.398 e. The van der Waals surface area contributed by atoms with E-state index in [1.807, 2.05) is 6.07 Å². The van der Waals surface area contributed by atoms with E-state index in [4.69, 9.17) is 11.5 Å². The van der Waals surface area contributed by atoms with Gasteiger partial charge in [-0.1, -0.05) is 19.4 Å². The number of benzene rings is 1.